The quantitative estimate of drug-likeness (QED) is 0.764. The minimum absolute atomic E-state index is 0.450. The van der Waals surface area contributed by atoms with Gasteiger partial charge in [-0.05, 0) is 12.8 Å². The number of hydrogen-bond acceptors (Lipinski definition) is 5. The van der Waals surface area contributed by atoms with E-state index in [1.165, 1.54) is 4.80 Å². The normalized spacial score (nSPS) is 26.5. The molecule has 0 amide bonds. The molecule has 6 heteroatoms. The van der Waals surface area contributed by atoms with Gasteiger partial charge in [0.05, 0.1) is 19.4 Å². The van der Waals surface area contributed by atoms with Crippen LogP contribution in [-0.2, 0) is 22.1 Å². The van der Waals surface area contributed by atoms with Gasteiger partial charge in [0.25, 0.3) is 0 Å². The predicted octanol–water partition coefficient (Wildman–Crippen LogP) is 0.320. The van der Waals surface area contributed by atoms with Gasteiger partial charge in [-0.2, -0.15) is 15.0 Å². The third-order valence-electron chi connectivity index (χ3n) is 3.73. The van der Waals surface area contributed by atoms with Crippen LogP contribution in [0.4, 0.5) is 0 Å². The molecule has 3 rings (SSSR count). The van der Waals surface area contributed by atoms with Gasteiger partial charge in [-0.25, -0.2) is 0 Å². The molecule has 6 nitrogen and oxygen atoms in total. The van der Waals surface area contributed by atoms with Crippen molar-refractivity contribution in [2.45, 2.75) is 37.1 Å². The first kappa shape index (κ1) is 11.1. The predicted molar refractivity (Wildman–Crippen MR) is 58.0 cm³/mol. The van der Waals surface area contributed by atoms with E-state index in [1.54, 1.807) is 13.2 Å². The molecule has 1 saturated heterocycles. The van der Waals surface area contributed by atoms with E-state index >= 15 is 0 Å². The average Bonchev–Trinajstić information content (AvgIpc) is 2.94. The molecule has 1 saturated carbocycles. The summed E-state index contributed by atoms with van der Waals surface area (Å²) >= 11 is 0. The molecule has 2 heterocycles. The second kappa shape index (κ2) is 3.76. The highest BCUT2D eigenvalue weighted by molar-refractivity contribution is 5.09. The molecule has 0 bridgehead atoms. The first-order valence-electron chi connectivity index (χ1n) is 5.99. The van der Waals surface area contributed by atoms with E-state index < -0.39 is 11.4 Å². The average molecular weight is 239 g/mol. The van der Waals surface area contributed by atoms with Gasteiger partial charge in [-0.3, -0.25) is 0 Å². The zero-order valence-corrected chi connectivity index (χ0v) is 9.93. The van der Waals surface area contributed by atoms with Gasteiger partial charge < -0.3 is 14.6 Å². The van der Waals surface area contributed by atoms with Crippen LogP contribution in [0.2, 0.25) is 0 Å². The van der Waals surface area contributed by atoms with Crippen molar-refractivity contribution in [3.63, 3.8) is 0 Å². The fourth-order valence-electron chi connectivity index (χ4n) is 2.65. The van der Waals surface area contributed by atoms with Crippen LogP contribution in [0.3, 0.4) is 0 Å². The fraction of sp³-hybridized carbons (Fsp3) is 0.818. The molecule has 1 N–H and O–H groups in total. The van der Waals surface area contributed by atoms with Crippen molar-refractivity contribution in [1.82, 2.24) is 15.0 Å². The summed E-state index contributed by atoms with van der Waals surface area (Å²) in [6, 6.07) is 0. The summed E-state index contributed by atoms with van der Waals surface area (Å²) in [4.78, 5) is 1.47. The molecule has 2 fully saturated rings. The van der Waals surface area contributed by atoms with Gasteiger partial charge in [0.15, 0.2) is 5.79 Å². The monoisotopic (exact) mass is 239 g/mol. The lowest BCUT2D eigenvalue weighted by molar-refractivity contribution is -0.204. The Morgan fingerprint density at radius 2 is 1.88 bits per heavy atom. The Balaban J connectivity index is 1.75. The summed E-state index contributed by atoms with van der Waals surface area (Å²) in [5.74, 6) is -0.450. The lowest BCUT2D eigenvalue weighted by Gasteiger charge is -2.39. The van der Waals surface area contributed by atoms with Gasteiger partial charge in [0.2, 0.25) is 0 Å². The molecule has 0 radical (unpaired) electrons. The van der Waals surface area contributed by atoms with Crippen LogP contribution in [-0.4, -0.2) is 39.1 Å². The maximum Gasteiger partial charge on any atom is 0.168 e. The minimum Gasteiger partial charge on any atom is -0.383 e. The summed E-state index contributed by atoms with van der Waals surface area (Å²) in [5.41, 5.74) is -0.234. The lowest BCUT2D eigenvalue weighted by atomic mass is 9.79. The molecular formula is C11H17N3O3. The number of aliphatic hydroxyl groups is 1. The van der Waals surface area contributed by atoms with Gasteiger partial charge in [0.1, 0.15) is 11.3 Å². The highest BCUT2D eigenvalue weighted by atomic mass is 16.7. The molecule has 94 valence electrons. The van der Waals surface area contributed by atoms with E-state index in [0.29, 0.717) is 44.6 Å². The molecule has 0 unspecified atom stereocenters. The first-order valence-corrected chi connectivity index (χ1v) is 5.99. The van der Waals surface area contributed by atoms with Gasteiger partial charge in [0, 0.05) is 19.9 Å². The van der Waals surface area contributed by atoms with Crippen molar-refractivity contribution < 1.29 is 14.6 Å². The van der Waals surface area contributed by atoms with Crippen molar-refractivity contribution in [3.8, 4) is 0 Å². The van der Waals surface area contributed by atoms with Crippen LogP contribution in [0, 0.1) is 0 Å². The Morgan fingerprint density at radius 1 is 1.24 bits per heavy atom. The van der Waals surface area contributed by atoms with Crippen molar-refractivity contribution in [3.05, 3.63) is 11.9 Å². The summed E-state index contributed by atoms with van der Waals surface area (Å²) in [6.07, 6.45) is 4.26. The molecule has 2 aliphatic rings. The third-order valence-corrected chi connectivity index (χ3v) is 3.73. The van der Waals surface area contributed by atoms with Crippen molar-refractivity contribution in [1.29, 1.82) is 0 Å². The maximum atomic E-state index is 10.6. The number of ether oxygens (including phenoxy) is 2. The second-order valence-electron chi connectivity index (χ2n) is 4.86. The Labute approximate surface area is 99.5 Å². The van der Waals surface area contributed by atoms with Crippen LogP contribution in [0.15, 0.2) is 6.20 Å². The lowest BCUT2D eigenvalue weighted by Crippen LogP contribution is -2.42. The summed E-state index contributed by atoms with van der Waals surface area (Å²) in [6.45, 7) is 1.31. The van der Waals surface area contributed by atoms with Gasteiger partial charge >= 0.3 is 0 Å². The second-order valence-corrected chi connectivity index (χ2v) is 4.86. The molecule has 17 heavy (non-hydrogen) atoms. The fourth-order valence-corrected chi connectivity index (χ4v) is 2.65. The summed E-state index contributed by atoms with van der Waals surface area (Å²) in [7, 11) is 1.75. The Morgan fingerprint density at radius 3 is 2.41 bits per heavy atom. The van der Waals surface area contributed by atoms with Crippen molar-refractivity contribution >= 4 is 0 Å². The molecule has 1 spiro atoms. The van der Waals surface area contributed by atoms with E-state index in [2.05, 4.69) is 10.2 Å². The summed E-state index contributed by atoms with van der Waals surface area (Å²) < 4.78 is 11.3. The number of aryl methyl sites for hydroxylation is 1. The van der Waals surface area contributed by atoms with Crippen LogP contribution in [0.5, 0.6) is 0 Å². The van der Waals surface area contributed by atoms with Crippen LogP contribution in [0.1, 0.15) is 31.4 Å². The zero-order valence-electron chi connectivity index (χ0n) is 9.93. The smallest absolute Gasteiger partial charge is 0.168 e. The largest absolute Gasteiger partial charge is 0.383 e. The Bertz CT molecular complexity index is 402. The number of nitrogens with zero attached hydrogens (tertiary/aromatic N) is 3. The first-order chi connectivity index (χ1) is 8.12. The highest BCUT2D eigenvalue weighted by Crippen LogP contribution is 2.44. The Kier molecular flexibility index (Phi) is 2.46. The standard InChI is InChI=1S/C11H17N3O3/c1-14-12-8-9(13-14)10(15)2-4-11(5-3-10)16-6-7-17-11/h8,15H,2-7H2,1H3. The van der Waals surface area contributed by atoms with Crippen molar-refractivity contribution in [2.24, 2.45) is 7.05 Å². The molecular weight excluding hydrogens is 222 g/mol. The maximum absolute atomic E-state index is 10.6. The molecule has 0 atom stereocenters. The summed E-state index contributed by atoms with van der Waals surface area (Å²) in [5, 5.41) is 18.8. The number of rotatable bonds is 1. The van der Waals surface area contributed by atoms with Crippen LogP contribution in [0.25, 0.3) is 0 Å². The highest BCUT2D eigenvalue weighted by Gasteiger charge is 2.47. The van der Waals surface area contributed by atoms with Crippen LogP contribution >= 0.6 is 0 Å². The van der Waals surface area contributed by atoms with Crippen molar-refractivity contribution in [2.75, 3.05) is 13.2 Å². The van der Waals surface area contributed by atoms with Gasteiger partial charge in [-0.15, -0.1) is 0 Å². The van der Waals surface area contributed by atoms with E-state index in [9.17, 15) is 5.11 Å². The zero-order chi connectivity index (χ0) is 11.9. The number of aromatic nitrogens is 3. The van der Waals surface area contributed by atoms with E-state index in [-0.39, 0.29) is 0 Å². The van der Waals surface area contributed by atoms with E-state index in [4.69, 9.17) is 9.47 Å². The van der Waals surface area contributed by atoms with Crippen LogP contribution < -0.4 is 0 Å². The molecule has 0 aromatic carbocycles. The molecule has 1 aromatic rings. The third kappa shape index (κ3) is 1.86. The molecule has 1 aliphatic heterocycles. The topological polar surface area (TPSA) is 69.4 Å². The molecule has 1 aliphatic carbocycles. The SMILES string of the molecule is Cn1ncc(C2(O)CCC3(CC2)OCCO3)n1. The minimum atomic E-state index is -0.880. The van der Waals surface area contributed by atoms with E-state index in [1.807, 2.05) is 0 Å². The Hall–Kier alpha value is -0.980. The van der Waals surface area contributed by atoms with E-state index in [0.717, 1.165) is 0 Å². The van der Waals surface area contributed by atoms with Gasteiger partial charge in [-0.1, -0.05) is 0 Å². The molecule has 1 aromatic heterocycles. The number of hydrogen-bond donors (Lipinski definition) is 1.